The second-order valence-corrected chi connectivity index (χ2v) is 4.07. The van der Waals surface area contributed by atoms with E-state index < -0.39 is 11.8 Å². The molecule has 88 valence electrons. The lowest BCUT2D eigenvalue weighted by atomic mass is 10.3. The van der Waals surface area contributed by atoms with Crippen LogP contribution in [0.1, 0.15) is 6.92 Å². The third-order valence-electron chi connectivity index (χ3n) is 2.52. The predicted molar refractivity (Wildman–Crippen MR) is 54.3 cm³/mol. The van der Waals surface area contributed by atoms with Gasteiger partial charge in [0.25, 0.3) is 0 Å². The summed E-state index contributed by atoms with van der Waals surface area (Å²) >= 11 is 4.99. The van der Waals surface area contributed by atoms with E-state index >= 15 is 0 Å². The highest BCUT2D eigenvalue weighted by Gasteiger charge is 2.24. The van der Waals surface area contributed by atoms with Crippen molar-refractivity contribution >= 4 is 17.5 Å². The Morgan fingerprint density at radius 2 is 1.87 bits per heavy atom. The average Bonchev–Trinajstić information content (AvgIpc) is 2.18. The van der Waals surface area contributed by atoms with Gasteiger partial charge in [-0.05, 0) is 0 Å². The molecule has 1 aliphatic heterocycles. The molecule has 0 aromatic heterocycles. The summed E-state index contributed by atoms with van der Waals surface area (Å²) in [4.78, 5) is 14.5. The lowest BCUT2D eigenvalue weighted by molar-refractivity contribution is -0.130. The fourth-order valence-electron chi connectivity index (χ4n) is 1.57. The van der Waals surface area contributed by atoms with Crippen LogP contribution < -0.4 is 0 Å². The smallest absolute Gasteiger partial charge is 0.219 e. The van der Waals surface area contributed by atoms with Gasteiger partial charge < -0.3 is 4.90 Å². The van der Waals surface area contributed by atoms with E-state index in [0.29, 0.717) is 26.2 Å². The Morgan fingerprint density at radius 1 is 1.33 bits per heavy atom. The molecular formula is C9H15ClF2N2O. The third-order valence-corrected chi connectivity index (χ3v) is 2.80. The SMILES string of the molecule is CC(=O)N1CCN(CC(F)C(F)Cl)CC1. The Hall–Kier alpha value is -0.420. The minimum Gasteiger partial charge on any atom is -0.340 e. The molecule has 6 heteroatoms. The van der Waals surface area contributed by atoms with E-state index in [-0.39, 0.29) is 12.5 Å². The second kappa shape index (κ2) is 5.61. The molecule has 1 amide bonds. The molecule has 1 heterocycles. The molecule has 0 radical (unpaired) electrons. The van der Waals surface area contributed by atoms with Gasteiger partial charge in [-0.25, -0.2) is 8.78 Å². The average molecular weight is 241 g/mol. The van der Waals surface area contributed by atoms with E-state index in [0.717, 1.165) is 0 Å². The number of halogens is 3. The number of nitrogens with zero attached hydrogens (tertiary/aromatic N) is 2. The molecule has 2 unspecified atom stereocenters. The van der Waals surface area contributed by atoms with Crippen LogP contribution in [0.3, 0.4) is 0 Å². The molecular weight excluding hydrogens is 226 g/mol. The fraction of sp³-hybridized carbons (Fsp3) is 0.889. The molecule has 0 aromatic carbocycles. The van der Waals surface area contributed by atoms with E-state index in [1.54, 1.807) is 9.80 Å². The zero-order valence-electron chi connectivity index (χ0n) is 8.63. The van der Waals surface area contributed by atoms with Crippen molar-refractivity contribution in [2.75, 3.05) is 32.7 Å². The van der Waals surface area contributed by atoms with Gasteiger partial charge in [0, 0.05) is 39.6 Å². The molecule has 0 bridgehead atoms. The molecule has 3 nitrogen and oxygen atoms in total. The van der Waals surface area contributed by atoms with Gasteiger partial charge in [-0.3, -0.25) is 9.69 Å². The van der Waals surface area contributed by atoms with Crippen LogP contribution in [0.4, 0.5) is 8.78 Å². The van der Waals surface area contributed by atoms with Gasteiger partial charge in [-0.15, -0.1) is 0 Å². The molecule has 0 saturated carbocycles. The first-order chi connectivity index (χ1) is 7.00. The Bertz CT molecular complexity index is 220. The van der Waals surface area contributed by atoms with Crippen molar-refractivity contribution < 1.29 is 13.6 Å². The van der Waals surface area contributed by atoms with Crippen LogP contribution >= 0.6 is 11.6 Å². The predicted octanol–water partition coefficient (Wildman–Crippen LogP) is 1.02. The second-order valence-electron chi connectivity index (χ2n) is 3.66. The first-order valence-electron chi connectivity index (χ1n) is 4.91. The summed E-state index contributed by atoms with van der Waals surface area (Å²) in [5.41, 5.74) is -1.95. The molecule has 1 aliphatic rings. The van der Waals surface area contributed by atoms with Crippen molar-refractivity contribution in [1.82, 2.24) is 9.80 Å². The van der Waals surface area contributed by atoms with Gasteiger partial charge in [-0.2, -0.15) is 0 Å². The van der Waals surface area contributed by atoms with Crippen molar-refractivity contribution in [3.05, 3.63) is 0 Å². The first-order valence-corrected chi connectivity index (χ1v) is 5.34. The number of piperazine rings is 1. The summed E-state index contributed by atoms with van der Waals surface area (Å²) in [6.07, 6.45) is -1.66. The summed E-state index contributed by atoms with van der Waals surface area (Å²) in [6.45, 7) is 3.79. The van der Waals surface area contributed by atoms with Crippen LogP contribution in [0.15, 0.2) is 0 Å². The molecule has 15 heavy (non-hydrogen) atoms. The largest absolute Gasteiger partial charge is 0.340 e. The van der Waals surface area contributed by atoms with Crippen LogP contribution in [-0.2, 0) is 4.79 Å². The van der Waals surface area contributed by atoms with Crippen LogP contribution in [0.25, 0.3) is 0 Å². The molecule has 1 fully saturated rings. The van der Waals surface area contributed by atoms with Crippen molar-refractivity contribution in [2.24, 2.45) is 0 Å². The van der Waals surface area contributed by atoms with Gasteiger partial charge in [-0.1, -0.05) is 11.6 Å². The van der Waals surface area contributed by atoms with Crippen molar-refractivity contribution in [1.29, 1.82) is 0 Å². The Morgan fingerprint density at radius 3 is 2.27 bits per heavy atom. The number of carbonyl (C=O) groups is 1. The quantitative estimate of drug-likeness (QED) is 0.688. The summed E-state index contributed by atoms with van der Waals surface area (Å²) in [7, 11) is 0. The highest BCUT2D eigenvalue weighted by molar-refractivity contribution is 6.20. The first kappa shape index (κ1) is 12.6. The molecule has 1 saturated heterocycles. The van der Waals surface area contributed by atoms with Crippen molar-refractivity contribution in [3.8, 4) is 0 Å². The Balaban J connectivity index is 2.28. The Kier molecular flexibility index (Phi) is 4.73. The lowest BCUT2D eigenvalue weighted by Crippen LogP contribution is -2.50. The molecule has 2 atom stereocenters. The van der Waals surface area contributed by atoms with E-state index in [4.69, 9.17) is 11.6 Å². The third kappa shape index (κ3) is 3.91. The lowest BCUT2D eigenvalue weighted by Gasteiger charge is -2.34. The highest BCUT2D eigenvalue weighted by atomic mass is 35.5. The topological polar surface area (TPSA) is 23.6 Å². The summed E-state index contributed by atoms with van der Waals surface area (Å²) in [5, 5.41) is 0. The van der Waals surface area contributed by atoms with Crippen LogP contribution in [-0.4, -0.2) is 60.2 Å². The van der Waals surface area contributed by atoms with Gasteiger partial charge in [0.05, 0.1) is 0 Å². The maximum atomic E-state index is 12.9. The van der Waals surface area contributed by atoms with Gasteiger partial charge in [0.1, 0.15) is 0 Å². The number of amides is 1. The van der Waals surface area contributed by atoms with Crippen molar-refractivity contribution in [3.63, 3.8) is 0 Å². The standard InChI is InChI=1S/C9H15ClF2N2O/c1-7(15)14-4-2-13(3-5-14)6-8(11)9(10)12/h8-9H,2-6H2,1H3. The van der Waals surface area contributed by atoms with E-state index in [9.17, 15) is 13.6 Å². The minimum atomic E-state index is -1.95. The number of rotatable bonds is 3. The van der Waals surface area contributed by atoms with E-state index in [1.807, 2.05) is 0 Å². The van der Waals surface area contributed by atoms with E-state index in [2.05, 4.69) is 0 Å². The normalized spacial score (nSPS) is 22.5. The number of carbonyl (C=O) groups excluding carboxylic acids is 1. The van der Waals surface area contributed by atoms with Gasteiger partial charge in [0.15, 0.2) is 6.17 Å². The maximum Gasteiger partial charge on any atom is 0.219 e. The molecule has 0 aromatic rings. The monoisotopic (exact) mass is 240 g/mol. The zero-order chi connectivity index (χ0) is 11.4. The summed E-state index contributed by atoms with van der Waals surface area (Å²) < 4.78 is 25.3. The number of hydrogen-bond donors (Lipinski definition) is 0. The van der Waals surface area contributed by atoms with Crippen molar-refractivity contribution in [2.45, 2.75) is 18.7 Å². The maximum absolute atomic E-state index is 12.9. The minimum absolute atomic E-state index is 0.00356. The van der Waals surface area contributed by atoms with E-state index in [1.165, 1.54) is 6.92 Å². The molecule has 0 spiro atoms. The molecule has 1 rings (SSSR count). The van der Waals surface area contributed by atoms with Crippen LogP contribution in [0.5, 0.6) is 0 Å². The van der Waals surface area contributed by atoms with Crippen LogP contribution in [0.2, 0.25) is 0 Å². The molecule has 0 N–H and O–H groups in total. The van der Waals surface area contributed by atoms with Gasteiger partial charge >= 0.3 is 0 Å². The molecule has 0 aliphatic carbocycles. The zero-order valence-corrected chi connectivity index (χ0v) is 9.38. The number of hydrogen-bond acceptors (Lipinski definition) is 2. The Labute approximate surface area is 93.0 Å². The van der Waals surface area contributed by atoms with Gasteiger partial charge in [0.2, 0.25) is 11.5 Å². The summed E-state index contributed by atoms with van der Waals surface area (Å²) in [5.74, 6) is 0.0205. The number of alkyl halides is 3. The highest BCUT2D eigenvalue weighted by Crippen LogP contribution is 2.11. The van der Waals surface area contributed by atoms with Crippen LogP contribution in [0, 0.1) is 0 Å². The summed E-state index contributed by atoms with van der Waals surface area (Å²) in [6, 6.07) is 0. The fourth-order valence-corrected chi connectivity index (χ4v) is 1.65.